The summed E-state index contributed by atoms with van der Waals surface area (Å²) < 4.78 is 10.8. The molecule has 1 saturated heterocycles. The molecule has 6 heteroatoms. The van der Waals surface area contributed by atoms with Gasteiger partial charge in [-0.1, -0.05) is 36.0 Å². The Bertz CT molecular complexity index is 775. The van der Waals surface area contributed by atoms with E-state index in [0.717, 1.165) is 58.9 Å². The third-order valence-electron chi connectivity index (χ3n) is 4.38. The lowest BCUT2D eigenvalue weighted by Crippen LogP contribution is -2.48. The maximum absolute atomic E-state index is 6.30. The third-order valence-corrected chi connectivity index (χ3v) is 5.19. The van der Waals surface area contributed by atoms with Gasteiger partial charge in [0.05, 0.1) is 10.7 Å². The molecule has 0 amide bonds. The van der Waals surface area contributed by atoms with Crippen molar-refractivity contribution in [3.05, 3.63) is 53.1 Å². The summed E-state index contributed by atoms with van der Waals surface area (Å²) in [6.45, 7) is 3.82. The smallest absolute Gasteiger partial charge is 0.231 e. The summed E-state index contributed by atoms with van der Waals surface area (Å²) in [7, 11) is 0. The Balaban J connectivity index is 1.44. The van der Waals surface area contributed by atoms with Crippen molar-refractivity contribution >= 4 is 34.5 Å². The molecule has 0 bridgehead atoms. The van der Waals surface area contributed by atoms with Gasteiger partial charge in [0.25, 0.3) is 0 Å². The van der Waals surface area contributed by atoms with E-state index in [9.17, 15) is 0 Å². The van der Waals surface area contributed by atoms with Crippen LogP contribution in [0.4, 0.5) is 5.69 Å². The molecule has 0 aromatic heterocycles. The van der Waals surface area contributed by atoms with Gasteiger partial charge < -0.3 is 19.3 Å². The Labute approximate surface area is 151 Å². The molecule has 2 aromatic carbocycles. The van der Waals surface area contributed by atoms with Crippen molar-refractivity contribution in [1.82, 2.24) is 4.90 Å². The van der Waals surface area contributed by atoms with Crippen molar-refractivity contribution in [2.24, 2.45) is 0 Å². The number of benzene rings is 2. The van der Waals surface area contributed by atoms with Gasteiger partial charge >= 0.3 is 0 Å². The average molecular weight is 361 g/mol. The second-order valence-corrected chi connectivity index (χ2v) is 6.59. The normalized spacial score (nSPS) is 16.4. The van der Waals surface area contributed by atoms with Crippen LogP contribution in [0, 0.1) is 0 Å². The zero-order valence-electron chi connectivity index (χ0n) is 13.1. The highest BCUT2D eigenvalue weighted by Crippen LogP contribution is 2.33. The molecular formula is C18H17ClN2O2S. The van der Waals surface area contributed by atoms with Crippen molar-refractivity contribution < 1.29 is 9.47 Å². The molecule has 0 aliphatic carbocycles. The standard InChI is InChI=1S/C18H17ClN2O2S/c19-14-3-1-2-4-15(14)20-7-9-21(10-8-20)18(24)13-5-6-16-17(11-13)23-12-22-16/h1-6,11H,7-10,12H2. The molecule has 0 N–H and O–H groups in total. The molecule has 0 spiro atoms. The first kappa shape index (κ1) is 15.5. The summed E-state index contributed by atoms with van der Waals surface area (Å²) in [5, 5.41) is 0.796. The minimum Gasteiger partial charge on any atom is -0.454 e. The van der Waals surface area contributed by atoms with Crippen LogP contribution in [0.5, 0.6) is 11.5 Å². The highest BCUT2D eigenvalue weighted by Gasteiger charge is 2.22. The zero-order chi connectivity index (χ0) is 16.5. The number of ether oxygens (including phenoxy) is 2. The van der Waals surface area contributed by atoms with Gasteiger partial charge in [-0.05, 0) is 30.3 Å². The van der Waals surface area contributed by atoms with Crippen molar-refractivity contribution in [2.75, 3.05) is 37.9 Å². The predicted molar refractivity (Wildman–Crippen MR) is 99.5 cm³/mol. The Morgan fingerprint density at radius 3 is 2.50 bits per heavy atom. The summed E-state index contributed by atoms with van der Waals surface area (Å²) in [5.41, 5.74) is 2.09. The zero-order valence-corrected chi connectivity index (χ0v) is 14.6. The van der Waals surface area contributed by atoms with E-state index in [-0.39, 0.29) is 6.79 Å². The molecule has 0 radical (unpaired) electrons. The van der Waals surface area contributed by atoms with E-state index in [2.05, 4.69) is 15.9 Å². The van der Waals surface area contributed by atoms with Crippen molar-refractivity contribution in [3.63, 3.8) is 0 Å². The van der Waals surface area contributed by atoms with Crippen LogP contribution < -0.4 is 14.4 Å². The van der Waals surface area contributed by atoms with E-state index < -0.39 is 0 Å². The number of nitrogens with zero attached hydrogens (tertiary/aromatic N) is 2. The quantitative estimate of drug-likeness (QED) is 0.762. The van der Waals surface area contributed by atoms with Crippen LogP contribution in [0.3, 0.4) is 0 Å². The summed E-state index contributed by atoms with van der Waals surface area (Å²) in [6, 6.07) is 13.8. The van der Waals surface area contributed by atoms with Gasteiger partial charge in [-0.2, -0.15) is 0 Å². The number of hydrogen-bond acceptors (Lipinski definition) is 4. The van der Waals surface area contributed by atoms with Gasteiger partial charge in [-0.25, -0.2) is 0 Å². The molecule has 24 heavy (non-hydrogen) atoms. The van der Waals surface area contributed by atoms with Gasteiger partial charge in [0.2, 0.25) is 6.79 Å². The van der Waals surface area contributed by atoms with E-state index in [4.69, 9.17) is 33.3 Å². The number of thiocarbonyl (C=S) groups is 1. The minimum atomic E-state index is 0.280. The topological polar surface area (TPSA) is 24.9 Å². The van der Waals surface area contributed by atoms with Gasteiger partial charge in [0.1, 0.15) is 4.99 Å². The molecule has 2 aliphatic heterocycles. The predicted octanol–water partition coefficient (Wildman–Crippen LogP) is 3.57. The molecule has 0 saturated carbocycles. The van der Waals surface area contributed by atoms with E-state index in [1.807, 2.05) is 36.4 Å². The molecule has 2 aliphatic rings. The molecule has 4 nitrogen and oxygen atoms in total. The average Bonchev–Trinajstić information content (AvgIpc) is 3.09. The van der Waals surface area contributed by atoms with Crippen LogP contribution in [0.15, 0.2) is 42.5 Å². The minimum absolute atomic E-state index is 0.280. The first-order chi connectivity index (χ1) is 11.7. The van der Waals surface area contributed by atoms with E-state index in [0.29, 0.717) is 0 Å². The molecular weight excluding hydrogens is 344 g/mol. The number of fused-ring (bicyclic) bond motifs is 1. The van der Waals surface area contributed by atoms with Gasteiger partial charge in [0, 0.05) is 31.7 Å². The Hall–Kier alpha value is -1.98. The molecule has 124 valence electrons. The Morgan fingerprint density at radius 2 is 1.71 bits per heavy atom. The van der Waals surface area contributed by atoms with Gasteiger partial charge in [-0.3, -0.25) is 0 Å². The number of hydrogen-bond donors (Lipinski definition) is 0. The second kappa shape index (κ2) is 6.49. The van der Waals surface area contributed by atoms with E-state index in [1.165, 1.54) is 0 Å². The fourth-order valence-electron chi connectivity index (χ4n) is 3.07. The van der Waals surface area contributed by atoms with Crippen LogP contribution >= 0.6 is 23.8 Å². The lowest BCUT2D eigenvalue weighted by atomic mass is 10.1. The maximum Gasteiger partial charge on any atom is 0.231 e. The van der Waals surface area contributed by atoms with Crippen LogP contribution in [0.2, 0.25) is 5.02 Å². The van der Waals surface area contributed by atoms with Crippen molar-refractivity contribution in [2.45, 2.75) is 0 Å². The number of piperazine rings is 1. The largest absolute Gasteiger partial charge is 0.454 e. The van der Waals surface area contributed by atoms with Crippen molar-refractivity contribution in [3.8, 4) is 11.5 Å². The van der Waals surface area contributed by atoms with Crippen molar-refractivity contribution in [1.29, 1.82) is 0 Å². The first-order valence-corrected chi connectivity index (χ1v) is 8.69. The third kappa shape index (κ3) is 2.89. The molecule has 0 atom stereocenters. The molecule has 0 unspecified atom stereocenters. The molecule has 4 rings (SSSR count). The number of halogens is 1. The van der Waals surface area contributed by atoms with Crippen LogP contribution in [0.25, 0.3) is 0 Å². The second-order valence-electron chi connectivity index (χ2n) is 5.80. The fraction of sp³-hybridized carbons (Fsp3) is 0.278. The lowest BCUT2D eigenvalue weighted by molar-refractivity contribution is 0.174. The van der Waals surface area contributed by atoms with Gasteiger partial charge in [-0.15, -0.1) is 0 Å². The lowest BCUT2D eigenvalue weighted by Gasteiger charge is -2.37. The number of anilines is 1. The Kier molecular flexibility index (Phi) is 4.21. The summed E-state index contributed by atoms with van der Waals surface area (Å²) in [6.07, 6.45) is 0. The molecule has 2 heterocycles. The van der Waals surface area contributed by atoms with E-state index in [1.54, 1.807) is 0 Å². The van der Waals surface area contributed by atoms with Crippen LogP contribution in [0.1, 0.15) is 5.56 Å². The van der Waals surface area contributed by atoms with Gasteiger partial charge in [0.15, 0.2) is 11.5 Å². The van der Waals surface area contributed by atoms with E-state index >= 15 is 0 Å². The first-order valence-electron chi connectivity index (χ1n) is 7.91. The highest BCUT2D eigenvalue weighted by atomic mass is 35.5. The summed E-state index contributed by atoms with van der Waals surface area (Å²) >= 11 is 12.0. The number of rotatable bonds is 2. The van der Waals surface area contributed by atoms with Crippen LogP contribution in [-0.4, -0.2) is 42.9 Å². The molecule has 1 fully saturated rings. The molecule has 2 aromatic rings. The maximum atomic E-state index is 6.30. The monoisotopic (exact) mass is 360 g/mol. The summed E-state index contributed by atoms with van der Waals surface area (Å²) in [5.74, 6) is 1.55. The Morgan fingerprint density at radius 1 is 0.958 bits per heavy atom. The summed E-state index contributed by atoms with van der Waals surface area (Å²) in [4.78, 5) is 5.40. The SMILES string of the molecule is S=C(c1ccc2c(c1)OCO2)N1CCN(c2ccccc2Cl)CC1. The van der Waals surface area contributed by atoms with Crippen LogP contribution in [-0.2, 0) is 0 Å². The highest BCUT2D eigenvalue weighted by molar-refractivity contribution is 7.80. The fourth-order valence-corrected chi connectivity index (χ4v) is 3.64. The number of para-hydroxylation sites is 1.